The van der Waals surface area contributed by atoms with Crippen molar-refractivity contribution in [3.8, 4) is 5.75 Å². The Hall–Kier alpha value is -1.81. The molecule has 102 valence electrons. The Morgan fingerprint density at radius 3 is 2.68 bits per heavy atom. The number of halogens is 1. The molecule has 0 aliphatic heterocycles. The minimum Gasteiger partial charge on any atom is -0.494 e. The molecule has 19 heavy (non-hydrogen) atoms. The van der Waals surface area contributed by atoms with Crippen molar-refractivity contribution in [2.75, 3.05) is 7.11 Å². The van der Waals surface area contributed by atoms with Crippen LogP contribution >= 0.6 is 0 Å². The molecule has 2 rings (SSSR count). The van der Waals surface area contributed by atoms with Gasteiger partial charge in [0.15, 0.2) is 11.6 Å². The molecule has 4 heteroatoms. The largest absolute Gasteiger partial charge is 0.494 e. The van der Waals surface area contributed by atoms with Gasteiger partial charge in [-0.05, 0) is 29.8 Å². The SMILES string of the molecule is CCc1ccc(C(O)Cc2ccc(OC)c(F)c2)o1. The molecule has 0 amide bonds. The van der Waals surface area contributed by atoms with Crippen molar-refractivity contribution in [2.24, 2.45) is 0 Å². The summed E-state index contributed by atoms with van der Waals surface area (Å²) in [4.78, 5) is 0. The second-order valence-corrected chi connectivity index (χ2v) is 4.35. The summed E-state index contributed by atoms with van der Waals surface area (Å²) < 4.78 is 23.9. The van der Waals surface area contributed by atoms with Gasteiger partial charge in [0.1, 0.15) is 17.6 Å². The number of aryl methyl sites for hydroxylation is 1. The van der Waals surface area contributed by atoms with Crippen LogP contribution in [0.3, 0.4) is 0 Å². The Labute approximate surface area is 111 Å². The van der Waals surface area contributed by atoms with E-state index in [1.54, 1.807) is 18.2 Å². The summed E-state index contributed by atoms with van der Waals surface area (Å²) in [7, 11) is 1.42. The van der Waals surface area contributed by atoms with E-state index in [-0.39, 0.29) is 5.75 Å². The van der Waals surface area contributed by atoms with Crippen LogP contribution in [0, 0.1) is 5.82 Å². The number of ether oxygens (including phenoxy) is 1. The van der Waals surface area contributed by atoms with Gasteiger partial charge in [0.25, 0.3) is 0 Å². The summed E-state index contributed by atoms with van der Waals surface area (Å²) in [6.45, 7) is 1.98. The van der Waals surface area contributed by atoms with Crippen molar-refractivity contribution in [3.05, 3.63) is 53.2 Å². The first-order valence-corrected chi connectivity index (χ1v) is 6.23. The highest BCUT2D eigenvalue weighted by atomic mass is 19.1. The molecule has 0 fully saturated rings. The molecule has 1 unspecified atom stereocenters. The molecule has 1 heterocycles. The molecule has 2 aromatic rings. The summed E-state index contributed by atoms with van der Waals surface area (Å²) in [6, 6.07) is 8.24. The van der Waals surface area contributed by atoms with Gasteiger partial charge in [-0.1, -0.05) is 13.0 Å². The number of hydrogen-bond donors (Lipinski definition) is 1. The van der Waals surface area contributed by atoms with Crippen molar-refractivity contribution in [1.82, 2.24) is 0 Å². The van der Waals surface area contributed by atoms with Crippen molar-refractivity contribution in [1.29, 1.82) is 0 Å². The lowest BCUT2D eigenvalue weighted by atomic mass is 10.1. The topological polar surface area (TPSA) is 42.6 Å². The molecule has 1 aromatic carbocycles. The summed E-state index contributed by atoms with van der Waals surface area (Å²) in [5.74, 6) is 1.11. The molecule has 0 saturated carbocycles. The van der Waals surface area contributed by atoms with Crippen LogP contribution < -0.4 is 4.74 Å². The molecule has 3 nitrogen and oxygen atoms in total. The average molecular weight is 264 g/mol. The van der Waals surface area contributed by atoms with Gasteiger partial charge in [-0.3, -0.25) is 0 Å². The molecule has 0 bridgehead atoms. The van der Waals surface area contributed by atoms with Crippen molar-refractivity contribution in [3.63, 3.8) is 0 Å². The molecule has 0 spiro atoms. The van der Waals surface area contributed by atoms with Gasteiger partial charge in [0.2, 0.25) is 0 Å². The van der Waals surface area contributed by atoms with Crippen LogP contribution in [-0.2, 0) is 12.8 Å². The second-order valence-electron chi connectivity index (χ2n) is 4.35. The van der Waals surface area contributed by atoms with E-state index in [2.05, 4.69) is 0 Å². The quantitative estimate of drug-likeness (QED) is 0.901. The van der Waals surface area contributed by atoms with E-state index in [0.29, 0.717) is 17.7 Å². The lowest BCUT2D eigenvalue weighted by molar-refractivity contribution is 0.148. The number of rotatable bonds is 5. The maximum atomic E-state index is 13.5. The van der Waals surface area contributed by atoms with Gasteiger partial charge in [0, 0.05) is 12.8 Å². The van der Waals surface area contributed by atoms with Gasteiger partial charge in [-0.15, -0.1) is 0 Å². The number of methoxy groups -OCH3 is 1. The number of aliphatic hydroxyl groups is 1. The van der Waals surface area contributed by atoms with Crippen molar-refractivity contribution >= 4 is 0 Å². The van der Waals surface area contributed by atoms with E-state index in [1.807, 2.05) is 13.0 Å². The van der Waals surface area contributed by atoms with Crippen LogP contribution in [0.5, 0.6) is 5.75 Å². The molecule has 0 radical (unpaired) electrons. The molecule has 1 atom stereocenters. The first-order chi connectivity index (χ1) is 9.13. The van der Waals surface area contributed by atoms with E-state index in [4.69, 9.17) is 9.15 Å². The molecule has 0 aliphatic carbocycles. The lowest BCUT2D eigenvalue weighted by Gasteiger charge is -2.09. The molecule has 0 aliphatic rings. The van der Waals surface area contributed by atoms with Gasteiger partial charge in [-0.2, -0.15) is 0 Å². The normalized spacial score (nSPS) is 12.4. The van der Waals surface area contributed by atoms with E-state index in [1.165, 1.54) is 13.2 Å². The Morgan fingerprint density at radius 2 is 2.11 bits per heavy atom. The van der Waals surface area contributed by atoms with Gasteiger partial charge < -0.3 is 14.3 Å². The molecule has 0 saturated heterocycles. The van der Waals surface area contributed by atoms with Gasteiger partial charge in [0.05, 0.1) is 7.11 Å². The number of aliphatic hydroxyl groups excluding tert-OH is 1. The molecule has 1 N–H and O–H groups in total. The highest BCUT2D eigenvalue weighted by Crippen LogP contribution is 2.24. The van der Waals surface area contributed by atoms with Crippen LogP contribution in [0.2, 0.25) is 0 Å². The molecular weight excluding hydrogens is 247 g/mol. The number of benzene rings is 1. The van der Waals surface area contributed by atoms with Crippen molar-refractivity contribution in [2.45, 2.75) is 25.9 Å². The predicted molar refractivity (Wildman–Crippen MR) is 69.7 cm³/mol. The second kappa shape index (κ2) is 5.89. The Kier molecular flexibility index (Phi) is 4.22. The zero-order chi connectivity index (χ0) is 13.8. The van der Waals surface area contributed by atoms with E-state index >= 15 is 0 Å². The van der Waals surface area contributed by atoms with Gasteiger partial charge >= 0.3 is 0 Å². The third kappa shape index (κ3) is 3.15. The number of furan rings is 1. The van der Waals surface area contributed by atoms with Crippen LogP contribution in [0.15, 0.2) is 34.7 Å². The Morgan fingerprint density at radius 1 is 1.32 bits per heavy atom. The zero-order valence-corrected chi connectivity index (χ0v) is 11.0. The summed E-state index contributed by atoms with van der Waals surface area (Å²) in [5.41, 5.74) is 0.695. The zero-order valence-electron chi connectivity index (χ0n) is 11.0. The third-order valence-electron chi connectivity index (χ3n) is 3.00. The lowest BCUT2D eigenvalue weighted by Crippen LogP contribution is -2.01. The fraction of sp³-hybridized carbons (Fsp3) is 0.333. The van der Waals surface area contributed by atoms with Crippen LogP contribution in [0.1, 0.15) is 30.1 Å². The Bertz CT molecular complexity index is 548. The maximum Gasteiger partial charge on any atom is 0.165 e. The summed E-state index contributed by atoms with van der Waals surface area (Å²) in [5, 5.41) is 10.1. The maximum absolute atomic E-state index is 13.5. The minimum absolute atomic E-state index is 0.199. The van der Waals surface area contributed by atoms with E-state index in [9.17, 15) is 9.50 Å². The van der Waals surface area contributed by atoms with E-state index in [0.717, 1.165) is 12.2 Å². The predicted octanol–water partition coefficient (Wildman–Crippen LogP) is 3.27. The molecule has 1 aromatic heterocycles. The van der Waals surface area contributed by atoms with Crippen LogP contribution in [0.25, 0.3) is 0 Å². The number of hydrogen-bond acceptors (Lipinski definition) is 3. The van der Waals surface area contributed by atoms with Crippen LogP contribution in [0.4, 0.5) is 4.39 Å². The Balaban J connectivity index is 2.10. The standard InChI is InChI=1S/C15H17FO3/c1-3-11-5-7-15(19-11)13(17)9-10-4-6-14(18-2)12(16)8-10/h4-8,13,17H,3,9H2,1-2H3. The van der Waals surface area contributed by atoms with Gasteiger partial charge in [-0.25, -0.2) is 4.39 Å². The first-order valence-electron chi connectivity index (χ1n) is 6.23. The summed E-state index contributed by atoms with van der Waals surface area (Å²) >= 11 is 0. The third-order valence-corrected chi connectivity index (χ3v) is 3.00. The van der Waals surface area contributed by atoms with Crippen molar-refractivity contribution < 1.29 is 18.7 Å². The summed E-state index contributed by atoms with van der Waals surface area (Å²) in [6.07, 6.45) is 0.315. The highest BCUT2D eigenvalue weighted by molar-refractivity contribution is 5.30. The monoisotopic (exact) mass is 264 g/mol. The minimum atomic E-state index is -0.770. The van der Waals surface area contributed by atoms with Crippen LogP contribution in [-0.4, -0.2) is 12.2 Å². The fourth-order valence-corrected chi connectivity index (χ4v) is 1.92. The highest BCUT2D eigenvalue weighted by Gasteiger charge is 2.14. The van der Waals surface area contributed by atoms with E-state index < -0.39 is 11.9 Å². The smallest absolute Gasteiger partial charge is 0.165 e. The fourth-order valence-electron chi connectivity index (χ4n) is 1.92. The first kappa shape index (κ1) is 13.6. The average Bonchev–Trinajstić information content (AvgIpc) is 2.88. The molecular formula is C15H17FO3.